The Labute approximate surface area is 166 Å². The van der Waals surface area contributed by atoms with Crippen LogP contribution in [0.15, 0.2) is 30.3 Å². The van der Waals surface area contributed by atoms with Gasteiger partial charge < -0.3 is 11.1 Å². The minimum atomic E-state index is -0.227. The molecular formula is C22H28N4O2. The number of aromatic nitrogens is 1. The van der Waals surface area contributed by atoms with Crippen molar-refractivity contribution in [3.8, 4) is 0 Å². The molecule has 2 aromatic rings. The maximum absolute atomic E-state index is 12.8. The standard InChI is InChI=1S/C22H28N4O2/c1-14-10-15(2)24-16(3)20(14)25-22(28)18-7-4-6-17(11-18)12-26-9-5-8-19(13-26)21(23)27/h4,6-7,10-11,19H,5,8-9,12-13H2,1-3H3,(H2,23,27)(H,25,28). The van der Waals surface area contributed by atoms with E-state index >= 15 is 0 Å². The summed E-state index contributed by atoms with van der Waals surface area (Å²) in [6, 6.07) is 9.59. The number of anilines is 1. The molecule has 3 N–H and O–H groups in total. The van der Waals surface area contributed by atoms with E-state index in [9.17, 15) is 9.59 Å². The fourth-order valence-electron chi connectivity index (χ4n) is 3.90. The molecule has 2 amide bonds. The van der Waals surface area contributed by atoms with Gasteiger partial charge in [0.1, 0.15) is 0 Å². The zero-order valence-corrected chi connectivity index (χ0v) is 16.8. The molecule has 3 rings (SSSR count). The number of carbonyl (C=O) groups is 2. The molecule has 148 valence electrons. The Hall–Kier alpha value is -2.73. The van der Waals surface area contributed by atoms with E-state index in [4.69, 9.17) is 5.73 Å². The molecule has 28 heavy (non-hydrogen) atoms. The maximum atomic E-state index is 12.8. The van der Waals surface area contributed by atoms with Crippen LogP contribution in [0.2, 0.25) is 0 Å². The first-order chi connectivity index (χ1) is 13.3. The van der Waals surface area contributed by atoms with Crippen LogP contribution in [-0.2, 0) is 11.3 Å². The molecule has 2 heterocycles. The van der Waals surface area contributed by atoms with Gasteiger partial charge in [0.15, 0.2) is 0 Å². The first kappa shape index (κ1) is 20.0. The number of carbonyl (C=O) groups excluding carboxylic acids is 2. The average Bonchev–Trinajstić information content (AvgIpc) is 2.65. The summed E-state index contributed by atoms with van der Waals surface area (Å²) < 4.78 is 0. The summed E-state index contributed by atoms with van der Waals surface area (Å²) in [6.45, 7) is 8.14. The molecule has 0 spiro atoms. The van der Waals surface area contributed by atoms with Gasteiger partial charge in [-0.05, 0) is 69.5 Å². The van der Waals surface area contributed by atoms with Gasteiger partial charge in [-0.1, -0.05) is 12.1 Å². The Morgan fingerprint density at radius 3 is 2.75 bits per heavy atom. The average molecular weight is 380 g/mol. The number of amides is 2. The van der Waals surface area contributed by atoms with Crippen LogP contribution in [0.3, 0.4) is 0 Å². The fraction of sp³-hybridized carbons (Fsp3) is 0.409. The molecule has 0 aliphatic carbocycles. The third kappa shape index (κ3) is 4.75. The van der Waals surface area contributed by atoms with Crippen molar-refractivity contribution in [2.45, 2.75) is 40.2 Å². The van der Waals surface area contributed by atoms with Crippen LogP contribution in [-0.4, -0.2) is 34.8 Å². The first-order valence-electron chi connectivity index (χ1n) is 9.70. The normalized spacial score (nSPS) is 17.3. The Morgan fingerprint density at radius 1 is 1.25 bits per heavy atom. The molecule has 1 fully saturated rings. The highest BCUT2D eigenvalue weighted by Crippen LogP contribution is 2.21. The summed E-state index contributed by atoms with van der Waals surface area (Å²) in [6.07, 6.45) is 1.82. The Bertz CT molecular complexity index is 871. The number of benzene rings is 1. The van der Waals surface area contributed by atoms with Gasteiger partial charge >= 0.3 is 0 Å². The van der Waals surface area contributed by atoms with Crippen LogP contribution in [0.5, 0.6) is 0 Å². The number of primary amides is 1. The van der Waals surface area contributed by atoms with Crippen molar-refractivity contribution in [2.75, 3.05) is 18.4 Å². The Kier molecular flexibility index (Phi) is 6.09. The number of piperidine rings is 1. The number of hydrogen-bond acceptors (Lipinski definition) is 4. The first-order valence-corrected chi connectivity index (χ1v) is 9.70. The monoisotopic (exact) mass is 380 g/mol. The van der Waals surface area contributed by atoms with Gasteiger partial charge in [0.05, 0.1) is 17.3 Å². The van der Waals surface area contributed by atoms with Crippen LogP contribution in [0.25, 0.3) is 0 Å². The molecule has 0 bridgehead atoms. The number of rotatable bonds is 5. The molecular weight excluding hydrogens is 352 g/mol. The van der Waals surface area contributed by atoms with E-state index in [1.54, 1.807) is 0 Å². The van der Waals surface area contributed by atoms with Crippen molar-refractivity contribution < 1.29 is 9.59 Å². The van der Waals surface area contributed by atoms with Crippen molar-refractivity contribution in [3.63, 3.8) is 0 Å². The summed E-state index contributed by atoms with van der Waals surface area (Å²) in [7, 11) is 0. The molecule has 1 atom stereocenters. The lowest BCUT2D eigenvalue weighted by Gasteiger charge is -2.31. The van der Waals surface area contributed by atoms with E-state index in [-0.39, 0.29) is 17.7 Å². The predicted octanol–water partition coefficient (Wildman–Crippen LogP) is 2.96. The smallest absolute Gasteiger partial charge is 0.255 e. The molecule has 6 heteroatoms. The predicted molar refractivity (Wildman–Crippen MR) is 110 cm³/mol. The molecule has 1 saturated heterocycles. The topological polar surface area (TPSA) is 88.3 Å². The van der Waals surface area contributed by atoms with Crippen LogP contribution in [0, 0.1) is 26.7 Å². The number of nitrogens with zero attached hydrogens (tertiary/aromatic N) is 2. The highest BCUT2D eigenvalue weighted by molar-refractivity contribution is 6.05. The van der Waals surface area contributed by atoms with Gasteiger partial charge in [-0.15, -0.1) is 0 Å². The van der Waals surface area contributed by atoms with E-state index in [0.717, 1.165) is 47.6 Å². The van der Waals surface area contributed by atoms with Crippen molar-refractivity contribution >= 4 is 17.5 Å². The second-order valence-electron chi connectivity index (χ2n) is 7.67. The van der Waals surface area contributed by atoms with E-state index in [1.165, 1.54) is 0 Å². The highest BCUT2D eigenvalue weighted by Gasteiger charge is 2.24. The lowest BCUT2D eigenvalue weighted by molar-refractivity contribution is -0.123. The molecule has 1 aliphatic heterocycles. The summed E-state index contributed by atoms with van der Waals surface area (Å²) >= 11 is 0. The third-order valence-corrected chi connectivity index (χ3v) is 5.27. The van der Waals surface area contributed by atoms with Gasteiger partial charge in [-0.3, -0.25) is 19.5 Å². The van der Waals surface area contributed by atoms with Crippen LogP contribution in [0.1, 0.15) is 45.7 Å². The molecule has 6 nitrogen and oxygen atoms in total. The summed E-state index contributed by atoms with van der Waals surface area (Å²) in [5.74, 6) is -0.456. The fourth-order valence-corrected chi connectivity index (χ4v) is 3.90. The van der Waals surface area contributed by atoms with Crippen molar-refractivity contribution in [2.24, 2.45) is 11.7 Å². The third-order valence-electron chi connectivity index (χ3n) is 5.27. The molecule has 1 aliphatic rings. The van der Waals surface area contributed by atoms with E-state index in [2.05, 4.69) is 15.2 Å². The number of nitrogens with two attached hydrogens (primary N) is 1. The maximum Gasteiger partial charge on any atom is 0.255 e. The van der Waals surface area contributed by atoms with E-state index < -0.39 is 0 Å². The second kappa shape index (κ2) is 8.52. The lowest BCUT2D eigenvalue weighted by Crippen LogP contribution is -2.40. The zero-order valence-electron chi connectivity index (χ0n) is 16.8. The summed E-state index contributed by atoms with van der Waals surface area (Å²) in [4.78, 5) is 30.9. The summed E-state index contributed by atoms with van der Waals surface area (Å²) in [5.41, 5.74) is 10.6. The van der Waals surface area contributed by atoms with Crippen LogP contribution >= 0.6 is 0 Å². The van der Waals surface area contributed by atoms with Crippen molar-refractivity contribution in [3.05, 3.63) is 58.4 Å². The lowest BCUT2D eigenvalue weighted by atomic mass is 9.97. The largest absolute Gasteiger partial charge is 0.369 e. The van der Waals surface area contributed by atoms with Gasteiger partial charge in [-0.2, -0.15) is 0 Å². The molecule has 1 aromatic carbocycles. The zero-order chi connectivity index (χ0) is 20.3. The molecule has 1 unspecified atom stereocenters. The van der Waals surface area contributed by atoms with Gasteiger partial charge in [0.25, 0.3) is 5.91 Å². The van der Waals surface area contributed by atoms with Crippen molar-refractivity contribution in [1.82, 2.24) is 9.88 Å². The Balaban J connectivity index is 1.71. The molecule has 0 saturated carbocycles. The number of nitrogens with one attached hydrogen (secondary N) is 1. The van der Waals surface area contributed by atoms with E-state index in [0.29, 0.717) is 18.7 Å². The van der Waals surface area contributed by atoms with Crippen molar-refractivity contribution in [1.29, 1.82) is 0 Å². The number of aryl methyl sites for hydroxylation is 3. The van der Waals surface area contributed by atoms with Crippen LogP contribution in [0.4, 0.5) is 5.69 Å². The number of likely N-dealkylation sites (tertiary alicyclic amines) is 1. The number of pyridine rings is 1. The highest BCUT2D eigenvalue weighted by atomic mass is 16.2. The minimum absolute atomic E-state index is 0.0831. The van der Waals surface area contributed by atoms with Gasteiger partial charge in [0.2, 0.25) is 5.91 Å². The Morgan fingerprint density at radius 2 is 2.04 bits per heavy atom. The van der Waals surface area contributed by atoms with E-state index in [1.807, 2.05) is 51.1 Å². The van der Waals surface area contributed by atoms with Gasteiger partial charge in [0, 0.05) is 24.3 Å². The van der Waals surface area contributed by atoms with Crippen LogP contribution < -0.4 is 11.1 Å². The quantitative estimate of drug-likeness (QED) is 0.835. The minimum Gasteiger partial charge on any atom is -0.369 e. The molecule has 0 radical (unpaired) electrons. The van der Waals surface area contributed by atoms with Gasteiger partial charge in [-0.25, -0.2) is 0 Å². The number of hydrogen-bond donors (Lipinski definition) is 2. The second-order valence-corrected chi connectivity index (χ2v) is 7.67. The summed E-state index contributed by atoms with van der Waals surface area (Å²) in [5, 5.41) is 3.00. The SMILES string of the molecule is Cc1cc(C)c(NC(=O)c2cccc(CN3CCCC(C(N)=O)C3)c2)c(C)n1. The molecule has 1 aromatic heterocycles.